The quantitative estimate of drug-likeness (QED) is 0.462. The monoisotopic (exact) mass is 150 g/mol. The summed E-state index contributed by atoms with van der Waals surface area (Å²) in [5, 5.41) is 0. The summed E-state index contributed by atoms with van der Waals surface area (Å²) in [4.78, 5) is 0. The number of nitrogens with two attached hydrogens (primary N) is 1. The van der Waals surface area contributed by atoms with E-state index in [2.05, 4.69) is 5.43 Å². The standard InChI is InChI=1S/C8H10N2O/c9-10-7-2-1-6-3-4-11-8(6)5-7/h1-2,5,10H,3-4,9H2. The molecule has 0 amide bonds. The fourth-order valence-corrected chi connectivity index (χ4v) is 1.26. The Morgan fingerprint density at radius 1 is 1.45 bits per heavy atom. The van der Waals surface area contributed by atoms with Crippen molar-refractivity contribution in [2.24, 2.45) is 5.84 Å². The average Bonchev–Trinajstić information content (AvgIpc) is 2.50. The van der Waals surface area contributed by atoms with Crippen molar-refractivity contribution in [3.8, 4) is 5.75 Å². The fourth-order valence-electron chi connectivity index (χ4n) is 1.26. The topological polar surface area (TPSA) is 47.3 Å². The zero-order valence-corrected chi connectivity index (χ0v) is 6.13. The lowest BCUT2D eigenvalue weighted by molar-refractivity contribution is 0.357. The molecule has 58 valence electrons. The molecule has 1 heterocycles. The molecule has 3 nitrogen and oxygen atoms in total. The summed E-state index contributed by atoms with van der Waals surface area (Å²) in [6.07, 6.45) is 1.01. The van der Waals surface area contributed by atoms with Crippen molar-refractivity contribution < 1.29 is 4.74 Å². The van der Waals surface area contributed by atoms with Crippen molar-refractivity contribution in [1.82, 2.24) is 0 Å². The minimum Gasteiger partial charge on any atom is -0.493 e. The molecule has 0 fully saturated rings. The first-order chi connectivity index (χ1) is 5.40. The Bertz CT molecular complexity index is 273. The first-order valence-corrected chi connectivity index (χ1v) is 3.62. The van der Waals surface area contributed by atoms with Gasteiger partial charge in [-0.25, -0.2) is 0 Å². The largest absolute Gasteiger partial charge is 0.493 e. The molecule has 0 atom stereocenters. The van der Waals surface area contributed by atoms with E-state index >= 15 is 0 Å². The Morgan fingerprint density at radius 2 is 2.36 bits per heavy atom. The van der Waals surface area contributed by atoms with Crippen LogP contribution in [0.5, 0.6) is 5.75 Å². The van der Waals surface area contributed by atoms with E-state index in [1.165, 1.54) is 5.56 Å². The van der Waals surface area contributed by atoms with Crippen molar-refractivity contribution in [3.05, 3.63) is 23.8 Å². The molecular formula is C8H10N2O. The third kappa shape index (κ3) is 1.03. The van der Waals surface area contributed by atoms with Crippen LogP contribution in [0.25, 0.3) is 0 Å². The van der Waals surface area contributed by atoms with Gasteiger partial charge in [0.25, 0.3) is 0 Å². The molecule has 0 saturated heterocycles. The van der Waals surface area contributed by atoms with E-state index in [0.29, 0.717) is 0 Å². The number of rotatable bonds is 1. The molecule has 2 rings (SSSR count). The van der Waals surface area contributed by atoms with Crippen molar-refractivity contribution >= 4 is 5.69 Å². The van der Waals surface area contributed by atoms with Gasteiger partial charge in [0.2, 0.25) is 0 Å². The first kappa shape index (κ1) is 6.49. The van der Waals surface area contributed by atoms with E-state index in [9.17, 15) is 0 Å². The maximum Gasteiger partial charge on any atom is 0.124 e. The Balaban J connectivity index is 2.41. The summed E-state index contributed by atoms with van der Waals surface area (Å²) in [5.74, 6) is 6.20. The van der Waals surface area contributed by atoms with Gasteiger partial charge >= 0.3 is 0 Å². The van der Waals surface area contributed by atoms with E-state index in [-0.39, 0.29) is 0 Å². The van der Waals surface area contributed by atoms with Gasteiger partial charge in [0, 0.05) is 12.5 Å². The maximum atomic E-state index is 5.35. The lowest BCUT2D eigenvalue weighted by Gasteiger charge is -2.02. The highest BCUT2D eigenvalue weighted by Gasteiger charge is 2.10. The molecule has 1 aliphatic rings. The number of benzene rings is 1. The zero-order valence-electron chi connectivity index (χ0n) is 6.13. The Kier molecular flexibility index (Phi) is 1.43. The third-order valence-corrected chi connectivity index (χ3v) is 1.86. The molecule has 0 unspecified atom stereocenters. The maximum absolute atomic E-state index is 5.35. The van der Waals surface area contributed by atoms with Crippen molar-refractivity contribution in [2.45, 2.75) is 6.42 Å². The molecule has 1 aromatic rings. The number of ether oxygens (including phenoxy) is 1. The fraction of sp³-hybridized carbons (Fsp3) is 0.250. The summed E-state index contributed by atoms with van der Waals surface area (Å²) in [6, 6.07) is 5.91. The van der Waals surface area contributed by atoms with Crippen molar-refractivity contribution in [3.63, 3.8) is 0 Å². The van der Waals surface area contributed by atoms with Gasteiger partial charge in [-0.1, -0.05) is 6.07 Å². The van der Waals surface area contributed by atoms with Crippen LogP contribution < -0.4 is 16.0 Å². The highest BCUT2D eigenvalue weighted by Crippen LogP contribution is 2.27. The summed E-state index contributed by atoms with van der Waals surface area (Å²) in [7, 11) is 0. The SMILES string of the molecule is NNc1ccc2c(c1)OCC2. The normalized spacial score (nSPS) is 13.9. The smallest absolute Gasteiger partial charge is 0.124 e. The second-order valence-electron chi connectivity index (χ2n) is 2.57. The van der Waals surface area contributed by atoms with Crippen LogP contribution in [0.3, 0.4) is 0 Å². The van der Waals surface area contributed by atoms with Gasteiger partial charge in [-0.05, 0) is 11.6 Å². The van der Waals surface area contributed by atoms with E-state index < -0.39 is 0 Å². The van der Waals surface area contributed by atoms with Gasteiger partial charge in [-0.3, -0.25) is 5.84 Å². The molecule has 0 spiro atoms. The van der Waals surface area contributed by atoms with E-state index in [1.54, 1.807) is 0 Å². The number of fused-ring (bicyclic) bond motifs is 1. The Hall–Kier alpha value is -1.22. The van der Waals surface area contributed by atoms with E-state index in [4.69, 9.17) is 10.6 Å². The van der Waals surface area contributed by atoms with Crippen molar-refractivity contribution in [1.29, 1.82) is 0 Å². The molecule has 3 heteroatoms. The lowest BCUT2D eigenvalue weighted by atomic mass is 10.1. The van der Waals surface area contributed by atoms with Crippen LogP contribution >= 0.6 is 0 Å². The predicted molar refractivity (Wildman–Crippen MR) is 43.5 cm³/mol. The third-order valence-electron chi connectivity index (χ3n) is 1.86. The van der Waals surface area contributed by atoms with Gasteiger partial charge in [-0.15, -0.1) is 0 Å². The van der Waals surface area contributed by atoms with Crippen LogP contribution in [0.1, 0.15) is 5.56 Å². The highest BCUT2D eigenvalue weighted by atomic mass is 16.5. The molecule has 1 aromatic carbocycles. The number of hydrogen-bond acceptors (Lipinski definition) is 3. The molecule has 0 aliphatic carbocycles. The number of hydrazine groups is 1. The number of anilines is 1. The Labute approximate surface area is 65.1 Å². The van der Waals surface area contributed by atoms with Crippen LogP contribution in [0.4, 0.5) is 5.69 Å². The van der Waals surface area contributed by atoms with Crippen LogP contribution in [0.15, 0.2) is 18.2 Å². The second-order valence-corrected chi connectivity index (χ2v) is 2.57. The molecule has 0 bridgehead atoms. The summed E-state index contributed by atoms with van der Waals surface area (Å²) >= 11 is 0. The van der Waals surface area contributed by atoms with Crippen LogP contribution in [0.2, 0.25) is 0 Å². The number of nitrogen functional groups attached to an aromatic ring is 1. The average molecular weight is 150 g/mol. The van der Waals surface area contributed by atoms with Crippen LogP contribution in [-0.4, -0.2) is 6.61 Å². The zero-order chi connectivity index (χ0) is 7.68. The van der Waals surface area contributed by atoms with Gasteiger partial charge in [0.1, 0.15) is 5.75 Å². The number of hydrogen-bond donors (Lipinski definition) is 2. The van der Waals surface area contributed by atoms with Crippen molar-refractivity contribution in [2.75, 3.05) is 12.0 Å². The van der Waals surface area contributed by atoms with Gasteiger partial charge in [0.05, 0.1) is 12.3 Å². The molecule has 0 saturated carbocycles. The number of nitrogens with one attached hydrogen (secondary N) is 1. The van der Waals surface area contributed by atoms with Gasteiger partial charge < -0.3 is 10.2 Å². The summed E-state index contributed by atoms with van der Waals surface area (Å²) < 4.78 is 5.35. The van der Waals surface area contributed by atoms with Crippen LogP contribution in [-0.2, 0) is 6.42 Å². The van der Waals surface area contributed by atoms with Gasteiger partial charge in [-0.2, -0.15) is 0 Å². The Morgan fingerprint density at radius 3 is 3.18 bits per heavy atom. The summed E-state index contributed by atoms with van der Waals surface area (Å²) in [6.45, 7) is 0.795. The summed E-state index contributed by atoms with van der Waals surface area (Å²) in [5.41, 5.74) is 4.74. The molecule has 3 N–H and O–H groups in total. The molecule has 11 heavy (non-hydrogen) atoms. The lowest BCUT2D eigenvalue weighted by Crippen LogP contribution is -2.06. The second kappa shape index (κ2) is 2.43. The molecular weight excluding hydrogens is 140 g/mol. The first-order valence-electron chi connectivity index (χ1n) is 3.62. The van der Waals surface area contributed by atoms with E-state index in [1.807, 2.05) is 18.2 Å². The molecule has 0 aromatic heterocycles. The minimum atomic E-state index is 0.795. The predicted octanol–water partition coefficient (Wildman–Crippen LogP) is 0.907. The molecule has 1 aliphatic heterocycles. The minimum absolute atomic E-state index is 0.795. The van der Waals surface area contributed by atoms with E-state index in [0.717, 1.165) is 24.5 Å². The van der Waals surface area contributed by atoms with Crippen LogP contribution in [0, 0.1) is 0 Å². The molecule has 0 radical (unpaired) electrons. The highest BCUT2D eigenvalue weighted by molar-refractivity contribution is 5.52. The van der Waals surface area contributed by atoms with Gasteiger partial charge in [0.15, 0.2) is 0 Å².